The summed E-state index contributed by atoms with van der Waals surface area (Å²) in [6, 6.07) is 5.76. The van der Waals surface area contributed by atoms with Crippen molar-refractivity contribution in [1.29, 1.82) is 0 Å². The van der Waals surface area contributed by atoms with Gasteiger partial charge in [-0.2, -0.15) is 0 Å². The highest BCUT2D eigenvalue weighted by Gasteiger charge is 2.14. The molecule has 1 amide bonds. The van der Waals surface area contributed by atoms with Crippen LogP contribution in [0.2, 0.25) is 0 Å². The number of carbonyl (C=O) groups excluding carboxylic acids is 1. The van der Waals surface area contributed by atoms with Gasteiger partial charge < -0.3 is 4.90 Å². The van der Waals surface area contributed by atoms with Gasteiger partial charge in [-0.15, -0.1) is 0 Å². The lowest BCUT2D eigenvalue weighted by molar-refractivity contribution is 0.0755. The highest BCUT2D eigenvalue weighted by molar-refractivity contribution is 9.11. The Morgan fingerprint density at radius 3 is 2.07 bits per heavy atom. The molecular formula is C11H13Br2NO. The lowest BCUT2D eigenvalue weighted by Gasteiger charge is -2.21. The van der Waals surface area contributed by atoms with Crippen molar-refractivity contribution in [2.24, 2.45) is 0 Å². The number of amides is 1. The third-order valence-corrected chi connectivity index (χ3v) is 3.12. The van der Waals surface area contributed by atoms with Gasteiger partial charge in [-0.25, -0.2) is 0 Å². The van der Waals surface area contributed by atoms with Gasteiger partial charge in [-0.05, 0) is 32.0 Å². The molecule has 1 aromatic carbocycles. The van der Waals surface area contributed by atoms with Gasteiger partial charge in [0.1, 0.15) is 0 Å². The van der Waals surface area contributed by atoms with E-state index < -0.39 is 0 Å². The number of benzene rings is 1. The Bertz CT molecular complexity index is 357. The molecule has 0 unspecified atom stereocenters. The minimum atomic E-state index is 0.0343. The fourth-order valence-electron chi connectivity index (χ4n) is 1.12. The van der Waals surface area contributed by atoms with Gasteiger partial charge in [0.2, 0.25) is 0 Å². The molecular weight excluding hydrogens is 322 g/mol. The number of hydrogen-bond acceptors (Lipinski definition) is 1. The van der Waals surface area contributed by atoms with Crippen molar-refractivity contribution in [2.45, 2.75) is 19.9 Å². The van der Waals surface area contributed by atoms with E-state index in [1.807, 2.05) is 39.1 Å². The van der Waals surface area contributed by atoms with E-state index in [1.165, 1.54) is 0 Å². The van der Waals surface area contributed by atoms with Crippen molar-refractivity contribution in [1.82, 2.24) is 4.90 Å². The van der Waals surface area contributed by atoms with Crippen LogP contribution in [-0.2, 0) is 0 Å². The van der Waals surface area contributed by atoms with Crippen LogP contribution in [0.25, 0.3) is 0 Å². The number of hydrogen-bond donors (Lipinski definition) is 0. The van der Waals surface area contributed by atoms with Gasteiger partial charge in [0.15, 0.2) is 0 Å². The summed E-state index contributed by atoms with van der Waals surface area (Å²) >= 11 is 6.73. The molecule has 0 saturated heterocycles. The summed E-state index contributed by atoms with van der Waals surface area (Å²) in [5.41, 5.74) is 0.687. The van der Waals surface area contributed by atoms with Crippen molar-refractivity contribution in [3.8, 4) is 0 Å². The molecule has 0 N–H and O–H groups in total. The second-order valence-electron chi connectivity index (χ2n) is 3.67. The zero-order valence-corrected chi connectivity index (χ0v) is 12.1. The van der Waals surface area contributed by atoms with Gasteiger partial charge in [-0.3, -0.25) is 4.79 Å². The third kappa shape index (κ3) is 3.31. The molecule has 0 bridgehead atoms. The molecule has 0 radical (unpaired) electrons. The summed E-state index contributed by atoms with van der Waals surface area (Å²) in [6.07, 6.45) is 0. The molecule has 1 rings (SSSR count). The fraction of sp³-hybridized carbons (Fsp3) is 0.364. The lowest BCUT2D eigenvalue weighted by Crippen LogP contribution is -2.32. The molecule has 0 fully saturated rings. The van der Waals surface area contributed by atoms with Crippen LogP contribution in [0.4, 0.5) is 0 Å². The van der Waals surface area contributed by atoms with Crippen LogP contribution in [0.1, 0.15) is 24.2 Å². The summed E-state index contributed by atoms with van der Waals surface area (Å²) in [5.74, 6) is 0.0343. The van der Waals surface area contributed by atoms with Crippen molar-refractivity contribution in [2.75, 3.05) is 7.05 Å². The van der Waals surface area contributed by atoms with Gasteiger partial charge in [-0.1, -0.05) is 31.9 Å². The first kappa shape index (κ1) is 12.7. The second kappa shape index (κ2) is 5.12. The van der Waals surface area contributed by atoms with E-state index in [0.717, 1.165) is 8.95 Å². The topological polar surface area (TPSA) is 20.3 Å². The minimum absolute atomic E-state index is 0.0343. The molecule has 4 heteroatoms. The Labute approximate surface area is 107 Å². The highest BCUT2D eigenvalue weighted by Crippen LogP contribution is 2.21. The van der Waals surface area contributed by atoms with Crippen LogP contribution in [-0.4, -0.2) is 23.9 Å². The van der Waals surface area contributed by atoms with E-state index in [2.05, 4.69) is 31.9 Å². The van der Waals surface area contributed by atoms with Crippen LogP contribution < -0.4 is 0 Å². The Morgan fingerprint density at radius 1 is 1.20 bits per heavy atom. The maximum Gasteiger partial charge on any atom is 0.253 e. The summed E-state index contributed by atoms with van der Waals surface area (Å²) < 4.78 is 1.80. The number of carbonyl (C=O) groups is 1. The van der Waals surface area contributed by atoms with Crippen molar-refractivity contribution < 1.29 is 4.79 Å². The molecule has 0 atom stereocenters. The largest absolute Gasteiger partial charge is 0.339 e. The Morgan fingerprint density at radius 2 is 1.67 bits per heavy atom. The third-order valence-electron chi connectivity index (χ3n) is 2.20. The van der Waals surface area contributed by atoms with Crippen LogP contribution >= 0.6 is 31.9 Å². The van der Waals surface area contributed by atoms with Crippen LogP contribution in [0.3, 0.4) is 0 Å². The van der Waals surface area contributed by atoms with Crippen LogP contribution in [0, 0.1) is 0 Å². The van der Waals surface area contributed by atoms with Gasteiger partial charge in [0.05, 0.1) is 0 Å². The Kier molecular flexibility index (Phi) is 4.34. The number of halogens is 2. The van der Waals surface area contributed by atoms with E-state index in [1.54, 1.807) is 4.90 Å². The van der Waals surface area contributed by atoms with Crippen LogP contribution in [0.15, 0.2) is 27.1 Å². The second-order valence-corrected chi connectivity index (χ2v) is 5.50. The molecule has 0 aliphatic heterocycles. The predicted molar refractivity (Wildman–Crippen MR) is 69.1 cm³/mol. The summed E-state index contributed by atoms with van der Waals surface area (Å²) in [6.45, 7) is 3.98. The first-order valence-electron chi connectivity index (χ1n) is 4.65. The zero-order valence-electron chi connectivity index (χ0n) is 8.92. The Hall–Kier alpha value is -0.350. The van der Waals surface area contributed by atoms with Crippen LogP contribution in [0.5, 0.6) is 0 Å². The molecule has 2 nitrogen and oxygen atoms in total. The minimum Gasteiger partial charge on any atom is -0.339 e. The van der Waals surface area contributed by atoms with E-state index in [0.29, 0.717) is 5.56 Å². The van der Waals surface area contributed by atoms with Crippen molar-refractivity contribution >= 4 is 37.8 Å². The highest BCUT2D eigenvalue weighted by atomic mass is 79.9. The summed E-state index contributed by atoms with van der Waals surface area (Å²) in [4.78, 5) is 13.7. The fourth-order valence-corrected chi connectivity index (χ4v) is 2.41. The van der Waals surface area contributed by atoms with E-state index in [4.69, 9.17) is 0 Å². The quantitative estimate of drug-likeness (QED) is 0.807. The van der Waals surface area contributed by atoms with E-state index in [-0.39, 0.29) is 11.9 Å². The van der Waals surface area contributed by atoms with Gasteiger partial charge >= 0.3 is 0 Å². The monoisotopic (exact) mass is 333 g/mol. The summed E-state index contributed by atoms with van der Waals surface area (Å²) in [7, 11) is 1.81. The molecule has 0 spiro atoms. The molecule has 0 aliphatic carbocycles. The smallest absolute Gasteiger partial charge is 0.253 e. The van der Waals surface area contributed by atoms with Gasteiger partial charge in [0.25, 0.3) is 5.91 Å². The number of nitrogens with zero attached hydrogens (tertiary/aromatic N) is 1. The maximum atomic E-state index is 12.0. The average molecular weight is 335 g/mol. The average Bonchev–Trinajstić information content (AvgIpc) is 2.13. The maximum absolute atomic E-state index is 12.0. The van der Waals surface area contributed by atoms with Gasteiger partial charge in [0, 0.05) is 27.6 Å². The van der Waals surface area contributed by atoms with Crippen molar-refractivity contribution in [3.63, 3.8) is 0 Å². The number of rotatable bonds is 2. The normalized spacial score (nSPS) is 10.5. The molecule has 0 saturated carbocycles. The first-order valence-corrected chi connectivity index (χ1v) is 6.23. The molecule has 15 heavy (non-hydrogen) atoms. The SMILES string of the molecule is CC(C)N(C)C(=O)c1cc(Br)cc(Br)c1. The predicted octanol–water partition coefficient (Wildman–Crippen LogP) is 3.69. The Balaban J connectivity index is 3.01. The molecule has 82 valence electrons. The summed E-state index contributed by atoms with van der Waals surface area (Å²) in [5, 5.41) is 0. The molecule has 1 aromatic rings. The first-order chi connectivity index (χ1) is 6.91. The zero-order chi connectivity index (χ0) is 11.6. The molecule has 0 aromatic heterocycles. The lowest BCUT2D eigenvalue weighted by atomic mass is 10.2. The van der Waals surface area contributed by atoms with E-state index >= 15 is 0 Å². The van der Waals surface area contributed by atoms with Crippen molar-refractivity contribution in [3.05, 3.63) is 32.7 Å². The standard InChI is InChI=1S/C11H13Br2NO/c1-7(2)14(3)11(15)8-4-9(12)6-10(13)5-8/h4-7H,1-3H3. The molecule has 0 heterocycles. The molecule has 0 aliphatic rings. The van der Waals surface area contributed by atoms with E-state index in [9.17, 15) is 4.79 Å².